The highest BCUT2D eigenvalue weighted by atomic mass is 32.1. The highest BCUT2D eigenvalue weighted by Gasteiger charge is 2.45. The summed E-state index contributed by atoms with van der Waals surface area (Å²) in [5.74, 6) is -5.98. The van der Waals surface area contributed by atoms with Gasteiger partial charge in [0.2, 0.25) is 23.6 Å². The molecule has 98 heavy (non-hydrogen) atoms. The number of unbranched alkanes of at least 4 members (excludes halogenated alkanes) is 2. The Morgan fingerprint density at radius 2 is 1.41 bits per heavy atom. The van der Waals surface area contributed by atoms with E-state index in [0.29, 0.717) is 62.7 Å². The number of nitrogens with one attached hydrogen (secondary N) is 3. The predicted octanol–water partition coefficient (Wildman–Crippen LogP) is 10.4. The van der Waals surface area contributed by atoms with Gasteiger partial charge in [-0.25, -0.2) is 14.6 Å². The minimum atomic E-state index is -0.951. The lowest BCUT2D eigenvalue weighted by Crippen LogP contribution is -2.54. The normalized spacial score (nSPS) is 17.8. The average Bonchev–Trinajstić information content (AvgIpc) is 1.61. The number of ketones is 5. The van der Waals surface area contributed by atoms with E-state index in [1.54, 1.807) is 81.8 Å². The highest BCUT2D eigenvalue weighted by Crippen LogP contribution is 2.37. The van der Waals surface area contributed by atoms with Crippen molar-refractivity contribution < 1.29 is 67.0 Å². The summed E-state index contributed by atoms with van der Waals surface area (Å²) in [4.78, 5) is 158. The van der Waals surface area contributed by atoms with Crippen molar-refractivity contribution in [2.24, 2.45) is 53.1 Å². The summed E-state index contributed by atoms with van der Waals surface area (Å²) in [6, 6.07) is 13.3. The number of primary amides is 1. The molecule has 23 heteroatoms. The van der Waals surface area contributed by atoms with Crippen molar-refractivity contribution in [2.75, 3.05) is 46.7 Å². The number of amides is 7. The SMILES string of the molecule is CO[C@H]([C@@H](C)C(=O)C[C@@H](Cc1ccccc1)c1nccs1)[C@@H]1CCCN1C(=O)C[C@@H](OC)[C@H](C1CCCC1)N(C)C(=O)[C@@H](CC(=O)[C@H](C(C)C)N(C)C(=O)OCc1ccc(NC(=O)C(CCCNC(N)=O)CC(=O)[C@@H](NC(=O)CCCCCC2C(=O)C=CC2=O)C(C)C)cc1)C(C)C. The third-order valence-electron chi connectivity index (χ3n) is 20.0. The van der Waals surface area contributed by atoms with Crippen molar-refractivity contribution in [1.82, 2.24) is 30.3 Å². The standard InChI is InChI=1S/C75H108N8O14S/c1-46(2)57(73(92)81(8)69(52-24-18-19-25-52)64(95-10)44-66(90)83-38-21-28-58(83)70(96-11)49(7)61(86)42-54(72-77-37-39-98-72)40-50-22-14-12-15-23-50)43-63(88)68(48(5)6)82(9)75(94)97-45-51-30-32-55(33-31-51)79-71(91)53(26-20-36-78-74(76)93)41-62(87)67(47(3)4)80-65(89)29-17-13-16-27-56-59(84)34-35-60(56)85/h12,14-15,22-23,30-35,37,39,46-49,52-54,56-58,64,67-70H,13,16-21,24-29,36,38,40-45H2,1-11H3,(H,79,91)(H,80,89)(H3,76,78,93)/t49-,53?,54+,57-,58-,64+,67-,68-,69-,70+/m0/s1. The molecule has 3 aromatic rings. The summed E-state index contributed by atoms with van der Waals surface area (Å²) < 4.78 is 18.2. The Hall–Kier alpha value is -7.50. The third-order valence-corrected chi connectivity index (χ3v) is 21.0. The second-order valence-corrected chi connectivity index (χ2v) is 29.0. The third kappa shape index (κ3) is 23.0. The van der Waals surface area contributed by atoms with Crippen LogP contribution in [0.5, 0.6) is 0 Å². The van der Waals surface area contributed by atoms with Gasteiger partial charge in [-0.05, 0) is 117 Å². The lowest BCUT2D eigenvalue weighted by atomic mass is 9.83. The van der Waals surface area contributed by atoms with E-state index in [1.807, 2.05) is 63.1 Å². The lowest BCUT2D eigenvalue weighted by Gasteiger charge is -2.41. The van der Waals surface area contributed by atoms with E-state index in [-0.39, 0.29) is 134 Å². The molecule has 2 heterocycles. The molecule has 22 nitrogen and oxygen atoms in total. The number of likely N-dealkylation sites (tertiary alicyclic amines) is 1. The molecule has 538 valence electrons. The van der Waals surface area contributed by atoms with Crippen LogP contribution in [0.15, 0.2) is 78.3 Å². The van der Waals surface area contributed by atoms with Crippen molar-refractivity contribution in [3.8, 4) is 0 Å². The molecule has 2 fully saturated rings. The Kier molecular flexibility index (Phi) is 31.9. The number of allylic oxidation sites excluding steroid dienone is 2. The van der Waals surface area contributed by atoms with Crippen molar-refractivity contribution in [3.05, 3.63) is 94.5 Å². The molecular weight excluding hydrogens is 1270 g/mol. The van der Waals surface area contributed by atoms with Gasteiger partial charge in [0, 0.05) is 108 Å². The number of rotatable bonds is 41. The monoisotopic (exact) mass is 1380 g/mol. The second kappa shape index (κ2) is 39.3. The Morgan fingerprint density at radius 1 is 0.724 bits per heavy atom. The summed E-state index contributed by atoms with van der Waals surface area (Å²) in [6.45, 7) is 13.4. The molecule has 2 aliphatic carbocycles. The first-order valence-electron chi connectivity index (χ1n) is 35.3. The molecule has 0 radical (unpaired) electrons. The second-order valence-electron chi connectivity index (χ2n) is 28.1. The van der Waals surface area contributed by atoms with Crippen molar-refractivity contribution in [3.63, 3.8) is 0 Å². The first kappa shape index (κ1) is 79.5. The number of likely N-dealkylation sites (N-methyl/N-ethyl adjacent to an activating group) is 2. The van der Waals surface area contributed by atoms with E-state index in [2.05, 4.69) is 33.1 Å². The van der Waals surface area contributed by atoms with Gasteiger partial charge in [-0.15, -0.1) is 11.3 Å². The van der Waals surface area contributed by atoms with Crippen molar-refractivity contribution in [2.45, 2.75) is 213 Å². The molecule has 2 aromatic carbocycles. The zero-order valence-corrected chi connectivity index (χ0v) is 60.3. The van der Waals surface area contributed by atoms with E-state index in [1.165, 1.54) is 24.1 Å². The Labute approximate surface area is 583 Å². The van der Waals surface area contributed by atoms with E-state index in [9.17, 15) is 47.9 Å². The average molecular weight is 1380 g/mol. The van der Waals surface area contributed by atoms with Crippen LogP contribution in [0.25, 0.3) is 0 Å². The molecule has 0 spiro atoms. The van der Waals surface area contributed by atoms with Crippen LogP contribution in [0.2, 0.25) is 0 Å². The van der Waals surface area contributed by atoms with Gasteiger partial charge >= 0.3 is 12.1 Å². The van der Waals surface area contributed by atoms with Gasteiger partial charge < -0.3 is 50.6 Å². The van der Waals surface area contributed by atoms with E-state index in [0.717, 1.165) is 42.7 Å². The number of nitrogens with two attached hydrogens (primary N) is 1. The van der Waals surface area contributed by atoms with Crippen LogP contribution in [0.1, 0.15) is 180 Å². The first-order valence-corrected chi connectivity index (χ1v) is 36.1. The Bertz CT molecular complexity index is 3150. The number of nitrogens with zero attached hydrogens (tertiary/aromatic N) is 4. The number of carbonyl (C=O) groups excluding carboxylic acids is 11. The molecule has 3 aliphatic rings. The Morgan fingerprint density at radius 3 is 2.01 bits per heavy atom. The van der Waals surface area contributed by atoms with Crippen LogP contribution in [0.4, 0.5) is 15.3 Å². The molecular formula is C75H108N8O14S. The van der Waals surface area contributed by atoms with Gasteiger partial charge in [0.05, 0.1) is 53.7 Å². The summed E-state index contributed by atoms with van der Waals surface area (Å²) in [5, 5.41) is 11.1. The number of ether oxygens (including phenoxy) is 3. The van der Waals surface area contributed by atoms with Gasteiger partial charge in [0.15, 0.2) is 23.1 Å². The number of aromatic nitrogens is 1. The summed E-state index contributed by atoms with van der Waals surface area (Å²) in [7, 11) is 6.43. The number of hydrogen-bond acceptors (Lipinski definition) is 16. The van der Waals surface area contributed by atoms with Crippen molar-refractivity contribution in [1.29, 1.82) is 0 Å². The van der Waals surface area contributed by atoms with E-state index >= 15 is 4.79 Å². The number of anilines is 1. The van der Waals surface area contributed by atoms with Crippen molar-refractivity contribution >= 4 is 81.7 Å². The molecule has 1 unspecified atom stereocenters. The van der Waals surface area contributed by atoms with Gasteiger partial charge in [0.1, 0.15) is 12.4 Å². The number of benzene rings is 2. The highest BCUT2D eigenvalue weighted by molar-refractivity contribution is 7.09. The van der Waals surface area contributed by atoms with Crippen LogP contribution in [-0.4, -0.2) is 162 Å². The molecule has 0 bridgehead atoms. The fraction of sp³-hybridized carbons (Fsp3) is 0.627. The van der Waals surface area contributed by atoms with Crippen LogP contribution < -0.4 is 21.7 Å². The van der Waals surface area contributed by atoms with Crippen LogP contribution >= 0.6 is 11.3 Å². The number of methoxy groups -OCH3 is 2. The molecule has 1 aromatic heterocycles. The number of hydrogen-bond donors (Lipinski definition) is 4. The minimum absolute atomic E-state index is 0.00276. The largest absolute Gasteiger partial charge is 0.445 e. The van der Waals surface area contributed by atoms with Gasteiger partial charge in [-0.2, -0.15) is 0 Å². The van der Waals surface area contributed by atoms with Crippen LogP contribution in [-0.2, 0) is 70.4 Å². The van der Waals surface area contributed by atoms with E-state index < -0.39 is 72.0 Å². The smallest absolute Gasteiger partial charge is 0.410 e. The zero-order valence-electron chi connectivity index (χ0n) is 59.5. The summed E-state index contributed by atoms with van der Waals surface area (Å²) in [5.41, 5.74) is 7.36. The number of Topliss-reactive ketones (excluding diaryl/α,β-unsaturated/α-hetero) is 3. The quantitative estimate of drug-likeness (QED) is 0.0303. The topological polar surface area (TPSA) is 300 Å². The van der Waals surface area contributed by atoms with Crippen LogP contribution in [0.3, 0.4) is 0 Å². The summed E-state index contributed by atoms with van der Waals surface area (Å²) >= 11 is 1.54. The molecule has 10 atom stereocenters. The minimum Gasteiger partial charge on any atom is -0.445 e. The maximum atomic E-state index is 15.1. The molecule has 1 aliphatic heterocycles. The zero-order chi connectivity index (χ0) is 71.8. The molecule has 5 N–H and O–H groups in total. The van der Waals surface area contributed by atoms with Crippen LogP contribution in [0, 0.1) is 47.3 Å². The first-order chi connectivity index (χ1) is 46.7. The molecule has 1 saturated carbocycles. The Balaban J connectivity index is 1.04. The van der Waals surface area contributed by atoms with Gasteiger partial charge in [-0.1, -0.05) is 117 Å². The summed E-state index contributed by atoms with van der Waals surface area (Å²) in [6.07, 6.45) is 10.8. The number of carbonyl (C=O) groups is 11. The maximum Gasteiger partial charge on any atom is 0.410 e. The molecule has 6 rings (SSSR count). The van der Waals surface area contributed by atoms with E-state index in [4.69, 9.17) is 19.9 Å². The number of urea groups is 1. The fourth-order valence-corrected chi connectivity index (χ4v) is 15.3. The molecule has 7 amide bonds. The maximum absolute atomic E-state index is 15.1. The number of thiazole rings is 1. The van der Waals surface area contributed by atoms with Gasteiger partial charge in [0.25, 0.3) is 0 Å². The predicted molar refractivity (Wildman–Crippen MR) is 375 cm³/mol. The lowest BCUT2D eigenvalue weighted by molar-refractivity contribution is -0.149. The fourth-order valence-electron chi connectivity index (χ4n) is 14.6. The molecule has 1 saturated heterocycles. The van der Waals surface area contributed by atoms with Gasteiger partial charge in [-0.3, -0.25) is 43.2 Å².